The third-order valence-corrected chi connectivity index (χ3v) is 16.9. The van der Waals surface area contributed by atoms with E-state index in [4.69, 9.17) is 14.6 Å². The molecule has 2 aromatic rings. The van der Waals surface area contributed by atoms with Crippen LogP contribution in [0, 0.1) is 0 Å². The molecule has 0 unspecified atom stereocenters. The summed E-state index contributed by atoms with van der Waals surface area (Å²) in [5, 5.41) is 0.434. The summed E-state index contributed by atoms with van der Waals surface area (Å²) >= 11 is 0. The molecule has 3 nitrogen and oxygen atoms in total. The lowest BCUT2D eigenvalue weighted by Crippen LogP contribution is -2.40. The second kappa shape index (κ2) is 11.2. The first-order valence-corrected chi connectivity index (χ1v) is 18.6. The van der Waals surface area contributed by atoms with Crippen molar-refractivity contribution in [3.63, 3.8) is 0 Å². The van der Waals surface area contributed by atoms with Gasteiger partial charge in [0.05, 0.1) is 13.2 Å². The molecule has 2 N–H and O–H groups in total. The second-order valence-corrected chi connectivity index (χ2v) is 22.3. The van der Waals surface area contributed by atoms with E-state index in [-0.39, 0.29) is 10.1 Å². The van der Waals surface area contributed by atoms with Crippen molar-refractivity contribution < 1.29 is 8.85 Å². The van der Waals surface area contributed by atoms with E-state index in [2.05, 4.69) is 110 Å². The Morgan fingerprint density at radius 1 is 0.676 bits per heavy atom. The van der Waals surface area contributed by atoms with Crippen LogP contribution in [-0.2, 0) is 28.5 Å². The minimum Gasteiger partial charge on any atom is -0.413 e. The normalized spacial score (nSPS) is 13.4. The molecule has 0 aliphatic heterocycles. The highest BCUT2D eigenvalue weighted by Gasteiger charge is 2.37. The van der Waals surface area contributed by atoms with E-state index in [1.807, 2.05) is 0 Å². The molecule has 0 heterocycles. The predicted molar refractivity (Wildman–Crippen MR) is 153 cm³/mol. The van der Waals surface area contributed by atoms with E-state index >= 15 is 0 Å². The van der Waals surface area contributed by atoms with Crippen molar-refractivity contribution in [2.75, 3.05) is 6.54 Å². The Balaban J connectivity index is 2.19. The van der Waals surface area contributed by atoms with Gasteiger partial charge in [-0.1, -0.05) is 84.0 Å². The standard InChI is InChI=1S/C29H49NO2Si2/c1-28(2,3)33(7,8)31-21-23-13-15-24(16-14-23)26-17-18-27(25(20-26)12-11-19-30)22-32-34(9,10)29(4,5)6/h13-18,20H,11-12,19,21-22,30H2,1-10H3. The van der Waals surface area contributed by atoms with E-state index in [0.29, 0.717) is 19.8 Å². The highest BCUT2D eigenvalue weighted by molar-refractivity contribution is 6.74. The molecule has 190 valence electrons. The van der Waals surface area contributed by atoms with E-state index < -0.39 is 16.6 Å². The van der Waals surface area contributed by atoms with E-state index in [0.717, 1.165) is 12.8 Å². The molecular weight excluding hydrogens is 450 g/mol. The Hall–Kier alpha value is -1.25. The van der Waals surface area contributed by atoms with E-state index in [1.165, 1.54) is 27.8 Å². The maximum absolute atomic E-state index is 6.54. The average Bonchev–Trinajstić information content (AvgIpc) is 2.74. The van der Waals surface area contributed by atoms with Crippen molar-refractivity contribution in [1.82, 2.24) is 0 Å². The Morgan fingerprint density at radius 2 is 1.18 bits per heavy atom. The summed E-state index contributed by atoms with van der Waals surface area (Å²) in [4.78, 5) is 0. The number of nitrogens with two attached hydrogens (primary N) is 1. The molecule has 0 amide bonds. The molecule has 2 aromatic carbocycles. The summed E-state index contributed by atoms with van der Waals surface area (Å²) in [6.07, 6.45) is 1.97. The van der Waals surface area contributed by atoms with Crippen LogP contribution in [0.1, 0.15) is 64.7 Å². The zero-order valence-corrected chi connectivity index (χ0v) is 25.5. The van der Waals surface area contributed by atoms with Crippen LogP contribution in [0.5, 0.6) is 0 Å². The zero-order valence-electron chi connectivity index (χ0n) is 23.5. The topological polar surface area (TPSA) is 44.5 Å². The molecule has 0 bridgehead atoms. The third kappa shape index (κ3) is 7.63. The average molecular weight is 500 g/mol. The van der Waals surface area contributed by atoms with Crippen LogP contribution < -0.4 is 5.73 Å². The molecule has 0 aliphatic carbocycles. The SMILES string of the molecule is CC(C)(C)[Si](C)(C)OCc1ccc(-c2ccc(CO[Si](C)(C)C(C)(C)C)c(CCCN)c2)cc1. The summed E-state index contributed by atoms with van der Waals surface area (Å²) < 4.78 is 12.9. The monoisotopic (exact) mass is 499 g/mol. The molecule has 0 spiro atoms. The van der Waals surface area contributed by atoms with Crippen molar-refractivity contribution >= 4 is 16.6 Å². The van der Waals surface area contributed by atoms with E-state index in [9.17, 15) is 0 Å². The molecule has 0 radical (unpaired) electrons. The van der Waals surface area contributed by atoms with Gasteiger partial charge in [-0.3, -0.25) is 0 Å². The summed E-state index contributed by atoms with van der Waals surface area (Å²) in [7, 11) is -3.54. The number of benzene rings is 2. The van der Waals surface area contributed by atoms with Crippen LogP contribution >= 0.6 is 0 Å². The molecular formula is C29H49NO2Si2. The Morgan fingerprint density at radius 3 is 1.68 bits per heavy atom. The number of hydrogen-bond donors (Lipinski definition) is 1. The van der Waals surface area contributed by atoms with Gasteiger partial charge < -0.3 is 14.6 Å². The van der Waals surface area contributed by atoms with Gasteiger partial charge >= 0.3 is 0 Å². The largest absolute Gasteiger partial charge is 0.413 e. The maximum atomic E-state index is 6.54. The Labute approximate surface area is 211 Å². The smallest absolute Gasteiger partial charge is 0.192 e. The summed E-state index contributed by atoms with van der Waals surface area (Å²) in [6.45, 7) is 25.0. The van der Waals surface area contributed by atoms with Gasteiger partial charge in [-0.05, 0) is 83.5 Å². The van der Waals surface area contributed by atoms with Gasteiger partial charge in [-0.2, -0.15) is 0 Å². The number of rotatable bonds is 10. The summed E-state index contributed by atoms with van der Waals surface area (Å²) in [6, 6.07) is 15.7. The lowest BCUT2D eigenvalue weighted by atomic mass is 9.96. The molecule has 0 atom stereocenters. The highest BCUT2D eigenvalue weighted by atomic mass is 28.4. The molecule has 0 saturated carbocycles. The Kier molecular flexibility index (Phi) is 9.56. The Bertz CT molecular complexity index is 923. The molecule has 34 heavy (non-hydrogen) atoms. The molecule has 2 rings (SSSR count). The zero-order chi connectivity index (χ0) is 25.8. The highest BCUT2D eigenvalue weighted by Crippen LogP contribution is 2.38. The van der Waals surface area contributed by atoms with Crippen molar-refractivity contribution in [2.45, 2.75) is 104 Å². The van der Waals surface area contributed by atoms with Crippen LogP contribution in [0.25, 0.3) is 11.1 Å². The van der Waals surface area contributed by atoms with Gasteiger partial charge in [0, 0.05) is 0 Å². The van der Waals surface area contributed by atoms with Gasteiger partial charge in [-0.25, -0.2) is 0 Å². The molecule has 0 aliphatic rings. The van der Waals surface area contributed by atoms with Crippen molar-refractivity contribution in [1.29, 1.82) is 0 Å². The fourth-order valence-electron chi connectivity index (χ4n) is 3.22. The second-order valence-electron chi connectivity index (χ2n) is 12.7. The van der Waals surface area contributed by atoms with Crippen molar-refractivity contribution in [3.8, 4) is 11.1 Å². The first-order valence-electron chi connectivity index (χ1n) is 12.8. The molecule has 0 saturated heterocycles. The minimum absolute atomic E-state index is 0.209. The maximum Gasteiger partial charge on any atom is 0.192 e. The lowest BCUT2D eigenvalue weighted by Gasteiger charge is -2.36. The van der Waals surface area contributed by atoms with Gasteiger partial charge in [0.15, 0.2) is 16.6 Å². The van der Waals surface area contributed by atoms with Crippen LogP contribution in [0.2, 0.25) is 36.3 Å². The van der Waals surface area contributed by atoms with Gasteiger partial charge in [0.2, 0.25) is 0 Å². The summed E-state index contributed by atoms with van der Waals surface area (Å²) in [5.41, 5.74) is 12.2. The van der Waals surface area contributed by atoms with Gasteiger partial charge in [0.1, 0.15) is 0 Å². The first-order chi connectivity index (χ1) is 15.6. The minimum atomic E-state index is -1.79. The van der Waals surface area contributed by atoms with Crippen LogP contribution in [0.15, 0.2) is 42.5 Å². The van der Waals surface area contributed by atoms with Crippen LogP contribution in [-0.4, -0.2) is 23.2 Å². The van der Waals surface area contributed by atoms with Gasteiger partial charge in [-0.15, -0.1) is 0 Å². The fraction of sp³-hybridized carbons (Fsp3) is 0.586. The predicted octanol–water partition coefficient (Wildman–Crippen LogP) is 8.29. The molecule has 0 fully saturated rings. The quantitative estimate of drug-likeness (QED) is 0.334. The van der Waals surface area contributed by atoms with Crippen molar-refractivity contribution in [3.05, 3.63) is 59.2 Å². The van der Waals surface area contributed by atoms with Crippen LogP contribution in [0.3, 0.4) is 0 Å². The van der Waals surface area contributed by atoms with Crippen LogP contribution in [0.4, 0.5) is 0 Å². The van der Waals surface area contributed by atoms with E-state index in [1.54, 1.807) is 0 Å². The number of aryl methyl sites for hydroxylation is 1. The van der Waals surface area contributed by atoms with Crippen molar-refractivity contribution in [2.24, 2.45) is 5.73 Å². The van der Waals surface area contributed by atoms with Gasteiger partial charge in [0.25, 0.3) is 0 Å². The lowest BCUT2D eigenvalue weighted by molar-refractivity contribution is 0.275. The molecule has 5 heteroatoms. The number of hydrogen-bond acceptors (Lipinski definition) is 3. The molecule has 0 aromatic heterocycles. The fourth-order valence-corrected chi connectivity index (χ4v) is 5.13. The summed E-state index contributed by atoms with van der Waals surface area (Å²) in [5.74, 6) is 0. The first kappa shape index (κ1) is 29.0. The third-order valence-electron chi connectivity index (χ3n) is 7.94.